The fourth-order valence-corrected chi connectivity index (χ4v) is 13.2. The Bertz CT molecular complexity index is 4570. The van der Waals surface area contributed by atoms with Crippen LogP contribution in [0.3, 0.4) is 0 Å². The van der Waals surface area contributed by atoms with Crippen LogP contribution >= 0.6 is 25.3 Å². The van der Waals surface area contributed by atoms with Crippen molar-refractivity contribution in [3.63, 3.8) is 0 Å². The van der Waals surface area contributed by atoms with E-state index in [1.54, 1.807) is 68.6 Å². The van der Waals surface area contributed by atoms with Crippen LogP contribution in [0, 0.1) is 5.92 Å². The van der Waals surface area contributed by atoms with Gasteiger partial charge in [-0.15, -0.1) is 0 Å². The Morgan fingerprint density at radius 3 is 1.24 bits per heavy atom. The number of aromatic hydroxyl groups is 1. The van der Waals surface area contributed by atoms with E-state index in [4.69, 9.17) is 22.9 Å². The van der Waals surface area contributed by atoms with Crippen LogP contribution in [-0.2, 0) is 106 Å². The molecule has 0 fully saturated rings. The van der Waals surface area contributed by atoms with Gasteiger partial charge in [0, 0.05) is 77.8 Å². The normalized spacial score (nSPS) is 14.6. The van der Waals surface area contributed by atoms with Gasteiger partial charge < -0.3 is 128 Å². The molecule has 0 aliphatic carbocycles. The number of phenols is 1. The summed E-state index contributed by atoms with van der Waals surface area (Å²) < 4.78 is 0. The first-order chi connectivity index (χ1) is 58.7. The predicted octanol–water partition coefficient (Wildman–Crippen LogP) is -3.96. The number of hydrogen-bond donors (Lipinski definition) is 26. The van der Waals surface area contributed by atoms with E-state index in [0.29, 0.717) is 58.7 Å². The molecule has 14 atom stereocenters. The number of hydrogen-bond acceptors (Lipinski definition) is 24. The number of primary amides is 1. The van der Waals surface area contributed by atoms with E-state index in [-0.39, 0.29) is 61.6 Å². The van der Waals surface area contributed by atoms with Crippen LogP contribution in [0.2, 0.25) is 0 Å². The summed E-state index contributed by atoms with van der Waals surface area (Å²) in [4.78, 5) is 253. The highest BCUT2D eigenvalue weighted by Crippen LogP contribution is 2.23. The van der Waals surface area contributed by atoms with Crippen molar-refractivity contribution in [2.24, 2.45) is 28.9 Å². The van der Waals surface area contributed by atoms with Gasteiger partial charge in [-0.05, 0) is 132 Å². The first-order valence-electron chi connectivity index (χ1n) is 40.2. The van der Waals surface area contributed by atoms with Gasteiger partial charge in [0.25, 0.3) is 0 Å². The molecule has 0 unspecified atom stereocenters. The van der Waals surface area contributed by atoms with Gasteiger partial charge in [-0.25, -0.2) is 0 Å². The van der Waals surface area contributed by atoms with E-state index < -0.39 is 248 Å². The summed E-state index contributed by atoms with van der Waals surface area (Å²) in [5.74, 6) is -21.0. The molecule has 0 aliphatic rings. The summed E-state index contributed by atoms with van der Waals surface area (Å²) in [7, 11) is 0. The minimum atomic E-state index is -2.02. The second-order valence-corrected chi connectivity index (χ2v) is 30.9. The number of amides is 15. The van der Waals surface area contributed by atoms with Crippen LogP contribution in [0.4, 0.5) is 0 Å². The number of H-pyrrole nitrogens is 2. The number of aromatic amines is 2. The lowest BCUT2D eigenvalue weighted by atomic mass is 9.99. The molecule has 2 heterocycles. The number of nitrogens with two attached hydrogens (primary N) is 4. The lowest BCUT2D eigenvalue weighted by Gasteiger charge is -2.28. The van der Waals surface area contributed by atoms with Crippen molar-refractivity contribution in [3.05, 3.63) is 102 Å². The average molecular weight is 1770 g/mol. The van der Waals surface area contributed by atoms with Crippen molar-refractivity contribution in [2.45, 2.75) is 216 Å². The number of aromatic nitrogens is 2. The SMILES string of the molecule is CC(C)C[C@@H](NC(=O)[C@@H](Cc1c[nH]c2ccccc12)NC(=O)[C@@H](CCC(N)=O)NC(=O)[C@@H](Cc1c[nH]c2ccccc12)NC(=O)[C@@H](CCC(=O)O)NC(=O)[C@@H](CCCCN)NC(=O)[C@@H](Cc1ccc(O)cc1)NC(=O)[C@@H](CC(=O)O)NC(=O)[C@H](CS)NC(=O)[C@H](C)NC(=O)CNC(=O)[C@H](N)CCCCN)C(=O)N[C@@H](CS)C(=O)N[C@H](C)C(=O)N[C@H](C)C(=O)O. The average Bonchev–Trinajstić information content (AvgIpc) is 1.67. The van der Waals surface area contributed by atoms with Crippen LogP contribution in [0.15, 0.2) is 85.2 Å². The monoisotopic (exact) mass is 1770 g/mol. The number of para-hydroxylation sites is 2. The van der Waals surface area contributed by atoms with Gasteiger partial charge in [0.2, 0.25) is 88.6 Å². The van der Waals surface area contributed by atoms with Gasteiger partial charge in [-0.1, -0.05) is 68.8 Å². The smallest absolute Gasteiger partial charge is 0.325 e. The number of carbonyl (C=O) groups excluding carboxylic acids is 15. The lowest BCUT2D eigenvalue weighted by molar-refractivity contribution is -0.142. The van der Waals surface area contributed by atoms with E-state index in [2.05, 4.69) is 110 Å². The third kappa shape index (κ3) is 34.1. The van der Waals surface area contributed by atoms with Gasteiger partial charge in [-0.3, -0.25) is 86.3 Å². The third-order valence-electron chi connectivity index (χ3n) is 19.6. The van der Waals surface area contributed by atoms with Crippen molar-refractivity contribution in [1.29, 1.82) is 0 Å². The molecule has 3 aromatic carbocycles. The number of phenolic OH excluding ortho intramolecular Hbond substituents is 1. The molecule has 0 saturated heterocycles. The fraction of sp³-hybridized carbons (Fsp3) is 0.500. The minimum Gasteiger partial charge on any atom is -0.508 e. The molecular weight excluding hydrogens is 1660 g/mol. The topological polar surface area (TPSA) is 692 Å². The Kier molecular flexibility index (Phi) is 42.4. The number of carboxylic acid groups (broad SMARTS) is 3. The summed E-state index contributed by atoms with van der Waals surface area (Å²) in [6, 6.07) is -3.14. The molecule has 0 spiro atoms. The third-order valence-corrected chi connectivity index (χ3v) is 20.3. The molecule has 28 N–H and O–H groups in total. The number of fused-ring (bicyclic) bond motifs is 2. The molecule has 42 nitrogen and oxygen atoms in total. The molecule has 678 valence electrons. The predicted molar refractivity (Wildman–Crippen MR) is 457 cm³/mol. The first-order valence-corrected chi connectivity index (χ1v) is 41.4. The quantitative estimate of drug-likeness (QED) is 0.0130. The Morgan fingerprint density at radius 1 is 0.395 bits per heavy atom. The maximum atomic E-state index is 15.3. The van der Waals surface area contributed by atoms with Gasteiger partial charge >= 0.3 is 17.9 Å². The lowest BCUT2D eigenvalue weighted by Crippen LogP contribution is -2.61. The van der Waals surface area contributed by atoms with Crippen LogP contribution in [0.5, 0.6) is 5.75 Å². The first kappa shape index (κ1) is 102. The highest BCUT2D eigenvalue weighted by molar-refractivity contribution is 7.80. The molecule has 2 aromatic heterocycles. The molecule has 5 aromatic rings. The van der Waals surface area contributed by atoms with Crippen LogP contribution in [0.25, 0.3) is 21.8 Å². The van der Waals surface area contributed by atoms with Gasteiger partial charge in [-0.2, -0.15) is 25.3 Å². The Labute approximate surface area is 724 Å². The van der Waals surface area contributed by atoms with Gasteiger partial charge in [0.05, 0.1) is 19.0 Å². The minimum absolute atomic E-state index is 0.0581. The standard InChI is InChI=1S/C80H114N20O22S2/c1-40(2)30-56(73(114)100-61(38-123)78(119)89-42(4)67(108)90-43(5)80(121)122)94-76(117)59(33-46-36-86-52-18-9-7-15-49(46)52)97-71(112)54(24-26-63(84)102)93-75(116)58(32-45-35-85-51-17-8-6-14-48(45)51)96-72(113)55(25-27-65(104)105)92-70(111)53(19-11-13-29-82)91-74(115)57(31-44-20-22-47(101)23-21-44)95-77(118)60(34-66(106)107)98-79(120)62(39-124)99-68(109)41(3)88-64(103)37-87-69(110)50(83)16-10-12-28-81/h6-9,14-15,17-18,20-23,35-36,40-43,50,53-62,85-86,101,123-124H,10-13,16,19,24-34,37-39,81-83H2,1-5H3,(H2,84,102)(H,87,110)(H,88,103)(H,89,119)(H,90,108)(H,91,115)(H,92,111)(H,93,116)(H,94,117)(H,95,118)(H,96,113)(H,97,112)(H,98,120)(H,99,109)(H,100,114)(H,104,105)(H,106,107)(H,121,122)/t41-,42+,43+,50+,53+,54+,55+,56+,57+,58+,59+,60+,61-,62-/m0/s1. The summed E-state index contributed by atoms with van der Waals surface area (Å²) in [5, 5.41) is 75.1. The number of rotatable bonds is 55. The second-order valence-electron chi connectivity index (χ2n) is 30.1. The summed E-state index contributed by atoms with van der Waals surface area (Å²) in [6.45, 7) is 7.04. The molecule has 5 rings (SSSR count). The number of thiol groups is 2. The van der Waals surface area contributed by atoms with Gasteiger partial charge in [0.1, 0.15) is 84.3 Å². The zero-order valence-electron chi connectivity index (χ0n) is 69.2. The van der Waals surface area contributed by atoms with Crippen LogP contribution in [-0.4, -0.2) is 253 Å². The number of carboxylic acids is 3. The molecule has 124 heavy (non-hydrogen) atoms. The van der Waals surface area contributed by atoms with E-state index in [9.17, 15) is 92.3 Å². The zero-order valence-corrected chi connectivity index (χ0v) is 71.0. The molecule has 0 bridgehead atoms. The van der Waals surface area contributed by atoms with Crippen LogP contribution < -0.4 is 97.4 Å². The van der Waals surface area contributed by atoms with E-state index in [0.717, 1.165) is 0 Å². The number of unbranched alkanes of at least 4 members (excludes halogenated alkanes) is 2. The fourth-order valence-electron chi connectivity index (χ4n) is 12.7. The highest BCUT2D eigenvalue weighted by atomic mass is 32.1. The molecule has 0 saturated carbocycles. The van der Waals surface area contributed by atoms with Crippen molar-refractivity contribution >= 4 is 154 Å². The van der Waals surface area contributed by atoms with Crippen LogP contribution in [0.1, 0.15) is 128 Å². The highest BCUT2D eigenvalue weighted by Gasteiger charge is 2.39. The summed E-state index contributed by atoms with van der Waals surface area (Å²) in [6.07, 6.45) is -0.431. The van der Waals surface area contributed by atoms with E-state index >= 15 is 14.4 Å². The maximum absolute atomic E-state index is 15.3. The second kappa shape index (κ2) is 51.5. The summed E-state index contributed by atoms with van der Waals surface area (Å²) in [5.41, 5.74) is 25.2. The van der Waals surface area contributed by atoms with Crippen molar-refractivity contribution in [1.82, 2.24) is 84.4 Å². The number of aliphatic carboxylic acids is 3. The maximum Gasteiger partial charge on any atom is 0.325 e. The number of carbonyl (C=O) groups is 18. The number of benzene rings is 3. The molecule has 15 amide bonds. The number of nitrogens with one attached hydrogen (secondary N) is 16. The van der Waals surface area contributed by atoms with E-state index in [1.807, 2.05) is 0 Å². The molecular formula is C80H114N20O22S2. The zero-order chi connectivity index (χ0) is 92.0. The van der Waals surface area contributed by atoms with Crippen molar-refractivity contribution < 1.29 is 107 Å². The Hall–Kier alpha value is -12.4. The van der Waals surface area contributed by atoms with Crippen molar-refractivity contribution in [2.75, 3.05) is 31.1 Å². The van der Waals surface area contributed by atoms with E-state index in [1.165, 1.54) is 51.2 Å². The largest absolute Gasteiger partial charge is 0.508 e. The van der Waals surface area contributed by atoms with Crippen molar-refractivity contribution in [3.8, 4) is 5.75 Å². The molecule has 0 radical (unpaired) electrons. The van der Waals surface area contributed by atoms with Gasteiger partial charge in [0.15, 0.2) is 0 Å². The Balaban J connectivity index is 1.46. The molecule has 0 aliphatic heterocycles. The summed E-state index contributed by atoms with van der Waals surface area (Å²) >= 11 is 8.39. The molecule has 44 heteroatoms. The Morgan fingerprint density at radius 2 is 0.774 bits per heavy atom.